The highest BCUT2D eigenvalue weighted by atomic mass is 79.9. The van der Waals surface area contributed by atoms with Crippen LogP contribution in [0, 0.1) is 0 Å². The smallest absolute Gasteiger partial charge is 0.274 e. The van der Waals surface area contributed by atoms with Gasteiger partial charge in [-0.05, 0) is 32.8 Å². The molecule has 1 aliphatic rings. The van der Waals surface area contributed by atoms with E-state index in [1.807, 2.05) is 25.1 Å². The summed E-state index contributed by atoms with van der Waals surface area (Å²) in [4.78, 5) is 0. The van der Waals surface area contributed by atoms with Crippen molar-refractivity contribution in [2.75, 3.05) is 0 Å². The summed E-state index contributed by atoms with van der Waals surface area (Å²) in [5.74, 6) is -0.733. The summed E-state index contributed by atoms with van der Waals surface area (Å²) >= 11 is 3.64. The molecule has 86 valence electrons. The Hall–Kier alpha value is -1.48. The number of hydrogen-bond acceptors (Lipinski definition) is 2. The monoisotopic (exact) mass is 290 g/mol. The van der Waals surface area contributed by atoms with E-state index in [2.05, 4.69) is 34.1 Å². The first-order valence-corrected chi connectivity index (χ1v) is 6.18. The van der Waals surface area contributed by atoms with E-state index in [4.69, 9.17) is 9.47 Å². The molecule has 0 bridgehead atoms. The summed E-state index contributed by atoms with van der Waals surface area (Å²) in [5.41, 5.74) is 0.987. The Kier molecular flexibility index (Phi) is 2.37. The van der Waals surface area contributed by atoms with Crippen molar-refractivity contribution >= 4 is 26.7 Å². The fourth-order valence-corrected chi connectivity index (χ4v) is 2.91. The molecule has 0 atom stereocenters. The van der Waals surface area contributed by atoms with Crippen LogP contribution in [0.3, 0.4) is 0 Å². The van der Waals surface area contributed by atoms with Crippen LogP contribution in [0.1, 0.15) is 12.5 Å². The molecule has 2 nitrogen and oxygen atoms in total. The molecule has 1 heterocycles. The highest BCUT2D eigenvalue weighted by Gasteiger charge is 2.34. The van der Waals surface area contributed by atoms with Gasteiger partial charge in [0.15, 0.2) is 0 Å². The first-order valence-electron chi connectivity index (χ1n) is 5.39. The number of ether oxygens (including phenoxy) is 2. The maximum absolute atomic E-state index is 5.52. The average molecular weight is 291 g/mol. The number of fused-ring (bicyclic) bond motifs is 1. The van der Waals surface area contributed by atoms with E-state index >= 15 is 0 Å². The van der Waals surface area contributed by atoms with Crippen LogP contribution in [0.15, 0.2) is 53.4 Å². The Balaban J connectivity index is 2.21. The van der Waals surface area contributed by atoms with Gasteiger partial charge in [-0.3, -0.25) is 0 Å². The minimum Gasteiger partial charge on any atom is -0.453 e. The quantitative estimate of drug-likeness (QED) is 0.780. The van der Waals surface area contributed by atoms with Crippen molar-refractivity contribution in [1.82, 2.24) is 0 Å². The molecule has 1 aliphatic heterocycles. The molecule has 0 spiro atoms. The van der Waals surface area contributed by atoms with E-state index < -0.39 is 5.79 Å². The molecule has 2 aromatic carbocycles. The van der Waals surface area contributed by atoms with Crippen LogP contribution in [0.2, 0.25) is 0 Å². The number of rotatable bonds is 1. The third-order valence-corrected chi connectivity index (χ3v) is 3.85. The molecular weight excluding hydrogens is 280 g/mol. The summed E-state index contributed by atoms with van der Waals surface area (Å²) in [7, 11) is 0. The molecule has 0 radical (unpaired) electrons. The number of halogens is 1. The zero-order valence-electron chi connectivity index (χ0n) is 9.31. The predicted octanol–water partition coefficient (Wildman–Crippen LogP) is 4.29. The zero-order chi connectivity index (χ0) is 11.9. The van der Waals surface area contributed by atoms with Crippen molar-refractivity contribution in [2.45, 2.75) is 12.7 Å². The van der Waals surface area contributed by atoms with E-state index in [0.29, 0.717) is 0 Å². The van der Waals surface area contributed by atoms with Gasteiger partial charge < -0.3 is 9.47 Å². The second-order valence-electron chi connectivity index (χ2n) is 4.10. The zero-order valence-corrected chi connectivity index (χ0v) is 10.9. The largest absolute Gasteiger partial charge is 0.453 e. The summed E-state index contributed by atoms with van der Waals surface area (Å²) < 4.78 is 12.1. The standard InChI is InChI=1S/C14H11BrO2/c1-14(16-8-9-17-14)12-7-6-10-4-2-3-5-11(10)13(12)15/h2-9H,1H3. The van der Waals surface area contributed by atoms with Crippen molar-refractivity contribution in [3.63, 3.8) is 0 Å². The third kappa shape index (κ3) is 1.62. The third-order valence-electron chi connectivity index (χ3n) is 2.99. The molecule has 0 amide bonds. The normalized spacial score (nSPS) is 16.8. The Labute approximate surface area is 108 Å². The van der Waals surface area contributed by atoms with Crippen LogP contribution in [0.5, 0.6) is 0 Å². The molecular formula is C14H11BrO2. The maximum Gasteiger partial charge on any atom is 0.274 e. The fourth-order valence-electron chi connectivity index (χ4n) is 2.05. The lowest BCUT2D eigenvalue weighted by Crippen LogP contribution is -2.22. The van der Waals surface area contributed by atoms with Crippen LogP contribution >= 0.6 is 15.9 Å². The SMILES string of the molecule is CC1(c2ccc3ccccc3c2Br)OC=CO1. The van der Waals surface area contributed by atoms with Gasteiger partial charge in [0.1, 0.15) is 12.5 Å². The second kappa shape index (κ2) is 3.77. The van der Waals surface area contributed by atoms with E-state index in [-0.39, 0.29) is 0 Å². The first kappa shape index (κ1) is 10.7. The van der Waals surface area contributed by atoms with Gasteiger partial charge in [-0.1, -0.05) is 30.3 Å². The summed E-state index contributed by atoms with van der Waals surface area (Å²) in [6, 6.07) is 12.3. The van der Waals surface area contributed by atoms with E-state index in [1.165, 1.54) is 5.39 Å². The lowest BCUT2D eigenvalue weighted by Gasteiger charge is -2.25. The first-order chi connectivity index (χ1) is 8.21. The average Bonchev–Trinajstić information content (AvgIpc) is 2.78. The predicted molar refractivity (Wildman–Crippen MR) is 70.3 cm³/mol. The number of benzene rings is 2. The van der Waals surface area contributed by atoms with Gasteiger partial charge in [-0.25, -0.2) is 0 Å². The van der Waals surface area contributed by atoms with Crippen molar-refractivity contribution in [2.24, 2.45) is 0 Å². The molecule has 0 aliphatic carbocycles. The minimum atomic E-state index is -0.733. The van der Waals surface area contributed by atoms with Crippen LogP contribution in [0.4, 0.5) is 0 Å². The molecule has 0 saturated heterocycles. The van der Waals surface area contributed by atoms with Gasteiger partial charge >= 0.3 is 0 Å². The van der Waals surface area contributed by atoms with Crippen LogP contribution in [0.25, 0.3) is 10.8 Å². The van der Waals surface area contributed by atoms with Gasteiger partial charge in [0, 0.05) is 11.4 Å². The summed E-state index contributed by atoms with van der Waals surface area (Å²) in [6.45, 7) is 1.90. The van der Waals surface area contributed by atoms with Gasteiger partial charge in [0.25, 0.3) is 5.79 Å². The van der Waals surface area contributed by atoms with Crippen molar-refractivity contribution in [3.05, 3.63) is 59.0 Å². The van der Waals surface area contributed by atoms with Crippen molar-refractivity contribution in [3.8, 4) is 0 Å². The van der Waals surface area contributed by atoms with E-state index in [9.17, 15) is 0 Å². The lowest BCUT2D eigenvalue weighted by molar-refractivity contribution is -0.133. The molecule has 3 rings (SSSR count). The molecule has 17 heavy (non-hydrogen) atoms. The van der Waals surface area contributed by atoms with Crippen LogP contribution < -0.4 is 0 Å². The maximum atomic E-state index is 5.52. The molecule has 0 unspecified atom stereocenters. The Morgan fingerprint density at radius 1 is 1.00 bits per heavy atom. The second-order valence-corrected chi connectivity index (χ2v) is 4.89. The van der Waals surface area contributed by atoms with Crippen LogP contribution in [-0.2, 0) is 15.3 Å². The summed E-state index contributed by atoms with van der Waals surface area (Å²) in [5, 5.41) is 2.35. The van der Waals surface area contributed by atoms with Gasteiger partial charge in [0.2, 0.25) is 0 Å². The van der Waals surface area contributed by atoms with Gasteiger partial charge in [-0.15, -0.1) is 0 Å². The van der Waals surface area contributed by atoms with Gasteiger partial charge in [0.05, 0.1) is 5.56 Å². The molecule has 2 aromatic rings. The lowest BCUT2D eigenvalue weighted by atomic mass is 10.0. The minimum absolute atomic E-state index is 0.733. The van der Waals surface area contributed by atoms with Crippen molar-refractivity contribution in [1.29, 1.82) is 0 Å². The Morgan fingerprint density at radius 2 is 1.71 bits per heavy atom. The van der Waals surface area contributed by atoms with E-state index in [0.717, 1.165) is 15.4 Å². The molecule has 0 saturated carbocycles. The van der Waals surface area contributed by atoms with Crippen molar-refractivity contribution < 1.29 is 9.47 Å². The summed E-state index contributed by atoms with van der Waals surface area (Å²) in [6.07, 6.45) is 3.14. The Bertz CT molecular complexity index is 596. The molecule has 0 fully saturated rings. The molecule has 0 N–H and O–H groups in total. The number of hydrogen-bond donors (Lipinski definition) is 0. The van der Waals surface area contributed by atoms with Crippen LogP contribution in [-0.4, -0.2) is 0 Å². The molecule has 3 heteroatoms. The topological polar surface area (TPSA) is 18.5 Å². The van der Waals surface area contributed by atoms with E-state index in [1.54, 1.807) is 12.5 Å². The highest BCUT2D eigenvalue weighted by molar-refractivity contribution is 9.10. The Morgan fingerprint density at radius 3 is 2.47 bits per heavy atom. The molecule has 0 aromatic heterocycles. The highest BCUT2D eigenvalue weighted by Crippen LogP contribution is 2.39. The fraction of sp³-hybridized carbons (Fsp3) is 0.143. The van der Waals surface area contributed by atoms with Gasteiger partial charge in [-0.2, -0.15) is 0 Å².